The number of hydrogen-bond acceptors (Lipinski definition) is 6. The van der Waals surface area contributed by atoms with Crippen LogP contribution in [0.1, 0.15) is 31.7 Å². The van der Waals surface area contributed by atoms with Crippen molar-refractivity contribution in [2.45, 2.75) is 40.2 Å². The summed E-state index contributed by atoms with van der Waals surface area (Å²) in [6, 6.07) is 0.389. The molecule has 0 aliphatic heterocycles. The molecule has 0 unspecified atom stereocenters. The van der Waals surface area contributed by atoms with Gasteiger partial charge in [0.1, 0.15) is 0 Å². The lowest BCUT2D eigenvalue weighted by Crippen LogP contribution is -2.35. The zero-order chi connectivity index (χ0) is 16.0. The molecule has 8 nitrogen and oxygen atoms in total. The van der Waals surface area contributed by atoms with E-state index in [1.54, 1.807) is 13.8 Å². The number of nitrogens with one attached hydrogen (secondary N) is 2. The lowest BCUT2D eigenvalue weighted by molar-refractivity contribution is 0.451. The van der Waals surface area contributed by atoms with E-state index in [9.17, 15) is 8.42 Å². The van der Waals surface area contributed by atoms with Gasteiger partial charge in [-0.2, -0.15) is 17.8 Å². The molecular formula is C12H24N6O2S. The summed E-state index contributed by atoms with van der Waals surface area (Å²) >= 11 is 0. The Balaban J connectivity index is 2.57. The van der Waals surface area contributed by atoms with Gasteiger partial charge in [-0.15, -0.1) is 5.10 Å². The van der Waals surface area contributed by atoms with E-state index in [-0.39, 0.29) is 5.95 Å². The highest BCUT2D eigenvalue weighted by Gasteiger charge is 2.19. The van der Waals surface area contributed by atoms with Crippen molar-refractivity contribution in [2.75, 3.05) is 24.9 Å². The van der Waals surface area contributed by atoms with Gasteiger partial charge in [-0.25, -0.2) is 9.71 Å². The van der Waals surface area contributed by atoms with E-state index in [0.29, 0.717) is 24.0 Å². The van der Waals surface area contributed by atoms with Crippen LogP contribution in [0, 0.1) is 13.8 Å². The molecule has 1 rings (SSSR count). The average molecular weight is 316 g/mol. The molecule has 0 aliphatic rings. The maximum Gasteiger partial charge on any atom is 0.303 e. The molecule has 1 aromatic rings. The molecule has 21 heavy (non-hydrogen) atoms. The zero-order valence-electron chi connectivity index (χ0n) is 13.2. The minimum absolute atomic E-state index is 0.00902. The van der Waals surface area contributed by atoms with Gasteiger partial charge < -0.3 is 5.32 Å². The SMILES string of the molecule is Cc1nnc(NS(=O)(=O)N(C)CCCNC(C)C)nc1C. The largest absolute Gasteiger partial charge is 0.314 e. The number of aromatic nitrogens is 3. The van der Waals surface area contributed by atoms with Gasteiger partial charge in [-0.05, 0) is 26.8 Å². The summed E-state index contributed by atoms with van der Waals surface area (Å²) in [6.07, 6.45) is 0.724. The fourth-order valence-corrected chi connectivity index (χ4v) is 2.35. The number of nitrogens with zero attached hydrogens (tertiary/aromatic N) is 4. The standard InChI is InChI=1S/C12H24N6O2S/c1-9(2)13-7-6-8-18(5)21(19,20)17-12-14-10(3)11(4)15-16-12/h9,13H,6-8H2,1-5H3,(H,14,16,17). The first-order valence-corrected chi connectivity index (χ1v) is 8.31. The van der Waals surface area contributed by atoms with E-state index in [2.05, 4.69) is 25.2 Å². The zero-order valence-corrected chi connectivity index (χ0v) is 14.0. The van der Waals surface area contributed by atoms with Crippen LogP contribution >= 0.6 is 0 Å². The van der Waals surface area contributed by atoms with Crippen LogP contribution in [0.15, 0.2) is 0 Å². The predicted molar refractivity (Wildman–Crippen MR) is 82.2 cm³/mol. The smallest absolute Gasteiger partial charge is 0.303 e. The van der Waals surface area contributed by atoms with Crippen molar-refractivity contribution in [3.63, 3.8) is 0 Å². The molecule has 0 aromatic carbocycles. The van der Waals surface area contributed by atoms with Crippen LogP contribution in [0.3, 0.4) is 0 Å². The Kier molecular flexibility index (Phi) is 6.43. The first-order valence-electron chi connectivity index (χ1n) is 6.87. The Morgan fingerprint density at radius 1 is 1.19 bits per heavy atom. The minimum Gasteiger partial charge on any atom is -0.314 e. The highest BCUT2D eigenvalue weighted by molar-refractivity contribution is 7.90. The lowest BCUT2D eigenvalue weighted by atomic mass is 10.3. The van der Waals surface area contributed by atoms with E-state index in [4.69, 9.17) is 0 Å². The van der Waals surface area contributed by atoms with Crippen molar-refractivity contribution in [1.29, 1.82) is 0 Å². The van der Waals surface area contributed by atoms with Crippen molar-refractivity contribution in [2.24, 2.45) is 0 Å². The number of rotatable bonds is 8. The summed E-state index contributed by atoms with van der Waals surface area (Å²) < 4.78 is 27.8. The van der Waals surface area contributed by atoms with Gasteiger partial charge in [0, 0.05) is 19.6 Å². The molecule has 0 spiro atoms. The second kappa shape index (κ2) is 7.62. The second-order valence-corrected chi connectivity index (χ2v) is 6.97. The number of anilines is 1. The highest BCUT2D eigenvalue weighted by Crippen LogP contribution is 2.06. The van der Waals surface area contributed by atoms with Crippen molar-refractivity contribution in [3.8, 4) is 0 Å². The van der Waals surface area contributed by atoms with E-state index in [1.165, 1.54) is 11.4 Å². The van der Waals surface area contributed by atoms with Gasteiger partial charge >= 0.3 is 10.2 Å². The van der Waals surface area contributed by atoms with Crippen LogP contribution in [0.25, 0.3) is 0 Å². The summed E-state index contributed by atoms with van der Waals surface area (Å²) in [5.74, 6) is -0.00902. The Morgan fingerprint density at radius 2 is 1.86 bits per heavy atom. The Morgan fingerprint density at radius 3 is 2.43 bits per heavy atom. The summed E-state index contributed by atoms with van der Waals surface area (Å²) in [5.41, 5.74) is 1.32. The monoisotopic (exact) mass is 316 g/mol. The van der Waals surface area contributed by atoms with Gasteiger partial charge in [0.05, 0.1) is 11.4 Å². The van der Waals surface area contributed by atoms with Crippen molar-refractivity contribution < 1.29 is 8.42 Å². The van der Waals surface area contributed by atoms with Crippen LogP contribution < -0.4 is 10.0 Å². The fraction of sp³-hybridized carbons (Fsp3) is 0.750. The molecule has 0 saturated carbocycles. The van der Waals surface area contributed by atoms with E-state index in [1.807, 2.05) is 13.8 Å². The first-order chi connectivity index (χ1) is 9.72. The Bertz CT molecular complexity index is 561. The number of hydrogen-bond donors (Lipinski definition) is 2. The molecule has 0 amide bonds. The molecule has 1 aromatic heterocycles. The quantitative estimate of drug-likeness (QED) is 0.676. The fourth-order valence-electron chi connectivity index (χ4n) is 1.51. The average Bonchev–Trinajstić information content (AvgIpc) is 2.38. The normalized spacial score (nSPS) is 12.1. The van der Waals surface area contributed by atoms with Crippen LogP contribution in [-0.4, -0.2) is 54.1 Å². The lowest BCUT2D eigenvalue weighted by Gasteiger charge is -2.18. The maximum atomic E-state index is 12.1. The summed E-state index contributed by atoms with van der Waals surface area (Å²) in [5, 5.41) is 10.8. The van der Waals surface area contributed by atoms with Gasteiger partial charge in [0.2, 0.25) is 0 Å². The minimum atomic E-state index is -3.65. The Labute approximate surface area is 126 Å². The topological polar surface area (TPSA) is 100 Å². The highest BCUT2D eigenvalue weighted by atomic mass is 32.2. The van der Waals surface area contributed by atoms with E-state index in [0.717, 1.165) is 13.0 Å². The van der Waals surface area contributed by atoms with Gasteiger partial charge in [-0.1, -0.05) is 13.8 Å². The van der Waals surface area contributed by atoms with E-state index >= 15 is 0 Å². The maximum absolute atomic E-state index is 12.1. The third-order valence-corrected chi connectivity index (χ3v) is 4.37. The Hall–Kier alpha value is -1.32. The molecule has 0 atom stereocenters. The molecule has 1 heterocycles. The van der Waals surface area contributed by atoms with Crippen LogP contribution in [0.2, 0.25) is 0 Å². The molecule has 9 heteroatoms. The van der Waals surface area contributed by atoms with Crippen LogP contribution in [0.5, 0.6) is 0 Å². The molecule has 2 N–H and O–H groups in total. The predicted octanol–water partition coefficient (Wildman–Crippen LogP) is 0.465. The van der Waals surface area contributed by atoms with Crippen molar-refractivity contribution >= 4 is 16.2 Å². The molecule has 0 saturated heterocycles. The third kappa shape index (κ3) is 5.90. The molecule has 0 bridgehead atoms. The molecule has 0 fully saturated rings. The van der Waals surface area contributed by atoms with Crippen molar-refractivity contribution in [1.82, 2.24) is 24.8 Å². The molecular weight excluding hydrogens is 292 g/mol. The van der Waals surface area contributed by atoms with Crippen LogP contribution in [0.4, 0.5) is 5.95 Å². The summed E-state index contributed by atoms with van der Waals surface area (Å²) in [4.78, 5) is 4.06. The first kappa shape index (κ1) is 17.7. The summed E-state index contributed by atoms with van der Waals surface area (Å²) in [6.45, 7) is 8.79. The second-order valence-electron chi connectivity index (χ2n) is 5.20. The van der Waals surface area contributed by atoms with Gasteiger partial charge in [0.15, 0.2) is 0 Å². The van der Waals surface area contributed by atoms with E-state index < -0.39 is 10.2 Å². The molecule has 0 radical (unpaired) electrons. The van der Waals surface area contributed by atoms with Gasteiger partial charge in [0.25, 0.3) is 5.95 Å². The third-order valence-electron chi connectivity index (χ3n) is 2.92. The number of aryl methyl sites for hydroxylation is 2. The molecule has 120 valence electrons. The van der Waals surface area contributed by atoms with Crippen LogP contribution in [-0.2, 0) is 10.2 Å². The summed E-state index contributed by atoms with van der Waals surface area (Å²) in [7, 11) is -2.13. The van der Waals surface area contributed by atoms with Gasteiger partial charge in [-0.3, -0.25) is 0 Å². The molecule has 0 aliphatic carbocycles. The van der Waals surface area contributed by atoms with Crippen molar-refractivity contribution in [3.05, 3.63) is 11.4 Å².